The Morgan fingerprint density at radius 3 is 2.41 bits per heavy atom. The van der Waals surface area contributed by atoms with Gasteiger partial charge >= 0.3 is 0 Å². The second-order valence-corrected chi connectivity index (χ2v) is 5.23. The van der Waals surface area contributed by atoms with Crippen LogP contribution in [-0.2, 0) is 12.8 Å². The first-order valence-electron chi connectivity index (χ1n) is 8.09. The van der Waals surface area contributed by atoms with E-state index in [1.54, 1.807) is 6.20 Å². The van der Waals surface area contributed by atoms with Crippen molar-refractivity contribution in [3.05, 3.63) is 35.5 Å². The molecule has 5 heteroatoms. The van der Waals surface area contributed by atoms with Gasteiger partial charge in [-0.1, -0.05) is 45.4 Å². The number of nitrogens with zero attached hydrogens (tertiary/aromatic N) is 3. The lowest BCUT2D eigenvalue weighted by Crippen LogP contribution is -2.08. The molecule has 0 unspecified atom stereocenters. The molecule has 22 heavy (non-hydrogen) atoms. The summed E-state index contributed by atoms with van der Waals surface area (Å²) in [6.45, 7) is 7.35. The van der Waals surface area contributed by atoms with E-state index < -0.39 is 0 Å². The van der Waals surface area contributed by atoms with Crippen LogP contribution in [-0.4, -0.2) is 21.7 Å². The monoisotopic (exact) mass is 299 g/mol. The lowest BCUT2D eigenvalue weighted by atomic mass is 10.0. The van der Waals surface area contributed by atoms with Crippen molar-refractivity contribution < 1.29 is 0 Å². The van der Waals surface area contributed by atoms with Crippen LogP contribution in [0.4, 0.5) is 17.5 Å². The summed E-state index contributed by atoms with van der Waals surface area (Å²) >= 11 is 0. The summed E-state index contributed by atoms with van der Waals surface area (Å²) in [5.41, 5.74) is 3.73. The smallest absolute Gasteiger partial charge is 0.244 e. The third-order valence-corrected chi connectivity index (χ3v) is 3.62. The molecule has 1 aromatic carbocycles. The third kappa shape index (κ3) is 4.16. The number of para-hydroxylation sites is 1. The second kappa shape index (κ2) is 8.32. The van der Waals surface area contributed by atoms with Gasteiger partial charge in [-0.2, -0.15) is 10.1 Å². The number of anilines is 3. The molecule has 0 spiro atoms. The molecule has 0 atom stereocenters. The number of aryl methyl sites for hydroxylation is 2. The van der Waals surface area contributed by atoms with Crippen molar-refractivity contribution in [3.63, 3.8) is 0 Å². The van der Waals surface area contributed by atoms with E-state index in [-0.39, 0.29) is 0 Å². The van der Waals surface area contributed by atoms with Gasteiger partial charge in [0.2, 0.25) is 5.95 Å². The first-order valence-corrected chi connectivity index (χ1v) is 8.09. The molecule has 0 saturated heterocycles. The van der Waals surface area contributed by atoms with Crippen LogP contribution in [0.3, 0.4) is 0 Å². The minimum Gasteiger partial charge on any atom is -0.353 e. The predicted molar refractivity (Wildman–Crippen MR) is 91.7 cm³/mol. The van der Waals surface area contributed by atoms with Crippen LogP contribution in [0.15, 0.2) is 24.4 Å². The quantitative estimate of drug-likeness (QED) is 0.723. The van der Waals surface area contributed by atoms with Gasteiger partial charge in [0.05, 0.1) is 6.20 Å². The fraction of sp³-hybridized carbons (Fsp3) is 0.471. The van der Waals surface area contributed by atoms with Crippen molar-refractivity contribution in [1.29, 1.82) is 0 Å². The summed E-state index contributed by atoms with van der Waals surface area (Å²) in [7, 11) is 0. The summed E-state index contributed by atoms with van der Waals surface area (Å²) in [4.78, 5) is 4.49. The number of nitrogens with one attached hydrogen (secondary N) is 2. The minimum atomic E-state index is 0.575. The summed E-state index contributed by atoms with van der Waals surface area (Å²) in [5, 5.41) is 14.7. The Kier molecular flexibility index (Phi) is 6.13. The molecule has 2 N–H and O–H groups in total. The van der Waals surface area contributed by atoms with Gasteiger partial charge < -0.3 is 10.6 Å². The molecule has 1 aromatic heterocycles. The summed E-state index contributed by atoms with van der Waals surface area (Å²) < 4.78 is 0. The SMILES string of the molecule is CCCCNc1nncc(Nc2c(CC)cccc2CC)n1. The first kappa shape index (κ1) is 16.2. The maximum absolute atomic E-state index is 4.49. The highest BCUT2D eigenvalue weighted by molar-refractivity contribution is 5.65. The van der Waals surface area contributed by atoms with E-state index in [2.05, 4.69) is 64.8 Å². The molecule has 0 fully saturated rings. The normalized spacial score (nSPS) is 10.5. The Morgan fingerprint density at radius 1 is 1.05 bits per heavy atom. The molecule has 0 aliphatic heterocycles. The van der Waals surface area contributed by atoms with Crippen LogP contribution in [0.1, 0.15) is 44.7 Å². The number of aromatic nitrogens is 3. The van der Waals surface area contributed by atoms with Crippen molar-refractivity contribution in [3.8, 4) is 0 Å². The van der Waals surface area contributed by atoms with E-state index in [9.17, 15) is 0 Å². The van der Waals surface area contributed by atoms with Crippen LogP contribution in [0, 0.1) is 0 Å². The number of rotatable bonds is 8. The van der Waals surface area contributed by atoms with Gasteiger partial charge in [-0.25, -0.2) is 0 Å². The van der Waals surface area contributed by atoms with Gasteiger partial charge in [0.15, 0.2) is 5.82 Å². The van der Waals surface area contributed by atoms with E-state index in [4.69, 9.17) is 0 Å². The highest BCUT2D eigenvalue weighted by atomic mass is 15.3. The molecule has 0 aliphatic rings. The molecule has 0 amide bonds. The van der Waals surface area contributed by atoms with Gasteiger partial charge in [0.25, 0.3) is 0 Å². The zero-order chi connectivity index (χ0) is 15.8. The molecular weight excluding hydrogens is 274 g/mol. The summed E-state index contributed by atoms with van der Waals surface area (Å²) in [6, 6.07) is 6.41. The van der Waals surface area contributed by atoms with Crippen LogP contribution in [0.2, 0.25) is 0 Å². The number of unbranched alkanes of at least 4 members (excludes halogenated alkanes) is 1. The average molecular weight is 299 g/mol. The van der Waals surface area contributed by atoms with Gasteiger partial charge in [0.1, 0.15) is 0 Å². The molecule has 0 radical (unpaired) electrons. The summed E-state index contributed by atoms with van der Waals surface area (Å²) in [6.07, 6.45) is 5.87. The molecule has 0 bridgehead atoms. The van der Waals surface area contributed by atoms with Crippen LogP contribution in [0.25, 0.3) is 0 Å². The molecule has 5 nitrogen and oxygen atoms in total. The van der Waals surface area contributed by atoms with E-state index >= 15 is 0 Å². The highest BCUT2D eigenvalue weighted by Crippen LogP contribution is 2.25. The van der Waals surface area contributed by atoms with Gasteiger partial charge in [-0.05, 0) is 30.4 Å². The topological polar surface area (TPSA) is 62.7 Å². The van der Waals surface area contributed by atoms with Crippen molar-refractivity contribution in [1.82, 2.24) is 15.2 Å². The van der Waals surface area contributed by atoms with Crippen molar-refractivity contribution in [2.75, 3.05) is 17.2 Å². The highest BCUT2D eigenvalue weighted by Gasteiger charge is 2.08. The number of benzene rings is 1. The van der Waals surface area contributed by atoms with Crippen molar-refractivity contribution in [2.45, 2.75) is 46.5 Å². The van der Waals surface area contributed by atoms with Gasteiger partial charge in [-0.15, -0.1) is 5.10 Å². The van der Waals surface area contributed by atoms with Crippen LogP contribution in [0.5, 0.6) is 0 Å². The van der Waals surface area contributed by atoms with Crippen LogP contribution >= 0.6 is 0 Å². The van der Waals surface area contributed by atoms with Gasteiger partial charge in [0, 0.05) is 12.2 Å². The second-order valence-electron chi connectivity index (χ2n) is 5.23. The molecule has 2 rings (SSSR count). The molecule has 0 aliphatic carbocycles. The first-order chi connectivity index (χ1) is 10.8. The zero-order valence-electron chi connectivity index (χ0n) is 13.7. The largest absolute Gasteiger partial charge is 0.353 e. The van der Waals surface area contributed by atoms with Crippen molar-refractivity contribution >= 4 is 17.5 Å². The Morgan fingerprint density at radius 2 is 1.77 bits per heavy atom. The Labute approximate surface area is 132 Å². The predicted octanol–water partition coefficient (Wildman–Crippen LogP) is 3.95. The minimum absolute atomic E-state index is 0.575. The Balaban J connectivity index is 2.18. The maximum Gasteiger partial charge on any atom is 0.244 e. The Hall–Kier alpha value is -2.17. The van der Waals surface area contributed by atoms with E-state index in [1.807, 2.05) is 0 Å². The fourth-order valence-corrected chi connectivity index (χ4v) is 2.35. The summed E-state index contributed by atoms with van der Waals surface area (Å²) in [5.74, 6) is 1.30. The fourth-order valence-electron chi connectivity index (χ4n) is 2.35. The lowest BCUT2D eigenvalue weighted by molar-refractivity contribution is 0.819. The molecule has 1 heterocycles. The van der Waals surface area contributed by atoms with E-state index in [0.717, 1.165) is 43.7 Å². The standard InChI is InChI=1S/C17H25N5/c1-4-7-11-18-17-21-15(12-19-22-17)20-16-13(5-2)9-8-10-14(16)6-3/h8-10,12H,4-7,11H2,1-3H3,(H2,18,20,21,22). The lowest BCUT2D eigenvalue weighted by Gasteiger charge is -2.15. The molecule has 118 valence electrons. The van der Waals surface area contributed by atoms with Crippen LogP contribution < -0.4 is 10.6 Å². The molecule has 2 aromatic rings. The van der Waals surface area contributed by atoms with Crippen molar-refractivity contribution in [2.24, 2.45) is 0 Å². The Bertz CT molecular complexity index is 575. The third-order valence-electron chi connectivity index (χ3n) is 3.62. The zero-order valence-corrected chi connectivity index (χ0v) is 13.7. The maximum atomic E-state index is 4.49. The average Bonchev–Trinajstić information content (AvgIpc) is 2.55. The van der Waals surface area contributed by atoms with Gasteiger partial charge in [-0.3, -0.25) is 0 Å². The number of hydrogen-bond acceptors (Lipinski definition) is 5. The molecule has 0 saturated carbocycles. The molecular formula is C17H25N5. The van der Waals surface area contributed by atoms with E-state index in [1.165, 1.54) is 11.1 Å². The number of hydrogen-bond donors (Lipinski definition) is 2. The van der Waals surface area contributed by atoms with E-state index in [0.29, 0.717) is 5.95 Å².